The summed E-state index contributed by atoms with van der Waals surface area (Å²) in [6.07, 6.45) is 3.81. The first-order valence-corrected chi connectivity index (χ1v) is 6.84. The van der Waals surface area contributed by atoms with E-state index in [0.717, 1.165) is 19.3 Å². The Kier molecular flexibility index (Phi) is 3.16. The van der Waals surface area contributed by atoms with E-state index in [0.29, 0.717) is 11.8 Å². The van der Waals surface area contributed by atoms with Crippen molar-refractivity contribution in [3.63, 3.8) is 0 Å². The maximum absolute atomic E-state index is 10.1. The summed E-state index contributed by atoms with van der Waals surface area (Å²) in [7, 11) is 0. The van der Waals surface area contributed by atoms with E-state index in [1.807, 2.05) is 0 Å². The highest BCUT2D eigenvalue weighted by atomic mass is 16.3. The molecule has 2 nitrogen and oxygen atoms in total. The van der Waals surface area contributed by atoms with Crippen LogP contribution in [0.1, 0.15) is 46.5 Å². The molecule has 0 aromatic carbocycles. The molecule has 0 heterocycles. The van der Waals surface area contributed by atoms with Crippen LogP contribution in [0.2, 0.25) is 0 Å². The van der Waals surface area contributed by atoms with Crippen molar-refractivity contribution in [1.82, 2.24) is 0 Å². The van der Waals surface area contributed by atoms with E-state index in [4.69, 9.17) is 0 Å². The van der Waals surface area contributed by atoms with Gasteiger partial charge in [0.2, 0.25) is 0 Å². The van der Waals surface area contributed by atoms with Gasteiger partial charge in [0.25, 0.3) is 0 Å². The number of allylic oxidation sites excluding steroid dienone is 1. The SMILES string of the molecule is C=C1[C@H]2CC[C@@H](C)[C@]1(C)CC[C@]2(C)[C@@H](O)CO. The normalized spacial score (nSPS) is 47.9. The molecule has 2 bridgehead atoms. The molecule has 2 heteroatoms. The molecule has 2 saturated carbocycles. The minimum absolute atomic E-state index is 0.132. The van der Waals surface area contributed by atoms with Gasteiger partial charge in [-0.3, -0.25) is 0 Å². The van der Waals surface area contributed by atoms with Crippen molar-refractivity contribution in [2.45, 2.75) is 52.6 Å². The number of hydrogen-bond donors (Lipinski definition) is 2. The van der Waals surface area contributed by atoms with Crippen LogP contribution in [0.3, 0.4) is 0 Å². The molecule has 2 aliphatic rings. The van der Waals surface area contributed by atoms with Crippen LogP contribution in [-0.2, 0) is 0 Å². The Morgan fingerprint density at radius 1 is 1.35 bits per heavy atom. The van der Waals surface area contributed by atoms with Crippen LogP contribution in [0.25, 0.3) is 0 Å². The first kappa shape index (κ1) is 13.1. The number of fused-ring (bicyclic) bond motifs is 2. The first-order chi connectivity index (χ1) is 7.86. The zero-order chi connectivity index (χ0) is 12.8. The van der Waals surface area contributed by atoms with E-state index in [-0.39, 0.29) is 17.4 Å². The highest BCUT2D eigenvalue weighted by Crippen LogP contribution is 2.61. The number of aliphatic hydroxyl groups is 2. The fraction of sp³-hybridized carbons (Fsp3) is 0.867. The Hall–Kier alpha value is -0.340. The average molecular weight is 238 g/mol. The van der Waals surface area contributed by atoms with E-state index < -0.39 is 6.10 Å². The van der Waals surface area contributed by atoms with Crippen LogP contribution < -0.4 is 0 Å². The van der Waals surface area contributed by atoms with Crippen LogP contribution in [0, 0.1) is 22.7 Å². The lowest BCUT2D eigenvalue weighted by molar-refractivity contribution is -0.0830. The maximum Gasteiger partial charge on any atom is 0.0830 e. The molecular weight excluding hydrogens is 212 g/mol. The number of rotatable bonds is 2. The Bertz CT molecular complexity index is 325. The second-order valence-corrected chi connectivity index (χ2v) is 6.68. The Morgan fingerprint density at radius 3 is 2.59 bits per heavy atom. The standard InChI is InChI=1S/C15H26O2/c1-10-5-6-12-11(2)14(10,3)7-8-15(12,4)13(17)9-16/h10,12-13,16-17H,2,5-9H2,1,3-4H3/t10-,12-,13+,14+,15+/m1/s1. The molecule has 0 radical (unpaired) electrons. The molecule has 2 aliphatic carbocycles. The third-order valence-electron chi connectivity index (χ3n) is 6.04. The van der Waals surface area contributed by atoms with E-state index in [9.17, 15) is 10.2 Å². The summed E-state index contributed by atoms with van der Waals surface area (Å²) < 4.78 is 0. The van der Waals surface area contributed by atoms with Gasteiger partial charge >= 0.3 is 0 Å². The molecule has 0 aromatic rings. The Morgan fingerprint density at radius 2 is 2.00 bits per heavy atom. The summed E-state index contributed by atoms with van der Waals surface area (Å²) in [5, 5.41) is 19.4. The van der Waals surface area contributed by atoms with Gasteiger partial charge in [-0.15, -0.1) is 0 Å². The van der Waals surface area contributed by atoms with Gasteiger partial charge in [-0.25, -0.2) is 0 Å². The van der Waals surface area contributed by atoms with Crippen LogP contribution >= 0.6 is 0 Å². The molecule has 98 valence electrons. The van der Waals surface area contributed by atoms with Gasteiger partial charge in [0.15, 0.2) is 0 Å². The molecule has 0 unspecified atom stereocenters. The zero-order valence-electron chi connectivity index (χ0n) is 11.4. The van der Waals surface area contributed by atoms with E-state index in [1.165, 1.54) is 12.0 Å². The predicted molar refractivity (Wildman–Crippen MR) is 69.6 cm³/mol. The predicted octanol–water partition coefficient (Wildman–Crippen LogP) is 2.75. The quantitative estimate of drug-likeness (QED) is 0.726. The third kappa shape index (κ3) is 1.68. The van der Waals surface area contributed by atoms with Crippen molar-refractivity contribution < 1.29 is 10.2 Å². The summed E-state index contributed by atoms with van der Waals surface area (Å²) >= 11 is 0. The molecule has 17 heavy (non-hydrogen) atoms. The first-order valence-electron chi connectivity index (χ1n) is 6.84. The van der Waals surface area contributed by atoms with Crippen molar-refractivity contribution in [2.24, 2.45) is 22.7 Å². The minimum Gasteiger partial charge on any atom is -0.394 e. The van der Waals surface area contributed by atoms with Crippen LogP contribution in [0.15, 0.2) is 12.2 Å². The largest absolute Gasteiger partial charge is 0.394 e. The lowest BCUT2D eigenvalue weighted by atomic mass is 9.47. The zero-order valence-corrected chi connectivity index (χ0v) is 11.4. The molecule has 0 saturated heterocycles. The van der Waals surface area contributed by atoms with Crippen LogP contribution in [0.4, 0.5) is 0 Å². The van der Waals surface area contributed by atoms with Gasteiger partial charge in [-0.05, 0) is 42.9 Å². The molecule has 0 spiro atoms. The van der Waals surface area contributed by atoms with Gasteiger partial charge < -0.3 is 10.2 Å². The summed E-state index contributed by atoms with van der Waals surface area (Å²) in [6, 6.07) is 0. The van der Waals surface area contributed by atoms with Crippen molar-refractivity contribution in [3.8, 4) is 0 Å². The van der Waals surface area contributed by atoms with E-state index in [2.05, 4.69) is 27.4 Å². The summed E-state index contributed by atoms with van der Waals surface area (Å²) in [5.41, 5.74) is 1.39. The second kappa shape index (κ2) is 4.10. The molecule has 5 atom stereocenters. The van der Waals surface area contributed by atoms with Crippen LogP contribution in [-0.4, -0.2) is 22.9 Å². The fourth-order valence-corrected chi connectivity index (χ4v) is 4.07. The second-order valence-electron chi connectivity index (χ2n) is 6.68. The van der Waals surface area contributed by atoms with E-state index >= 15 is 0 Å². The lowest BCUT2D eigenvalue weighted by Gasteiger charge is -2.58. The monoisotopic (exact) mass is 238 g/mol. The van der Waals surface area contributed by atoms with Gasteiger partial charge in [0, 0.05) is 5.41 Å². The Balaban J connectivity index is 2.32. The number of hydrogen-bond acceptors (Lipinski definition) is 2. The smallest absolute Gasteiger partial charge is 0.0830 e. The van der Waals surface area contributed by atoms with Gasteiger partial charge in [-0.1, -0.05) is 32.9 Å². The average Bonchev–Trinajstić information content (AvgIpc) is 2.31. The topological polar surface area (TPSA) is 40.5 Å². The fourth-order valence-electron chi connectivity index (χ4n) is 4.07. The maximum atomic E-state index is 10.1. The molecular formula is C15H26O2. The minimum atomic E-state index is -0.609. The highest BCUT2D eigenvalue weighted by molar-refractivity contribution is 5.24. The van der Waals surface area contributed by atoms with Gasteiger partial charge in [0.1, 0.15) is 0 Å². The van der Waals surface area contributed by atoms with Gasteiger partial charge in [-0.2, -0.15) is 0 Å². The van der Waals surface area contributed by atoms with Gasteiger partial charge in [0.05, 0.1) is 12.7 Å². The Labute approximate surface area is 105 Å². The molecule has 0 amide bonds. The molecule has 0 aromatic heterocycles. The lowest BCUT2D eigenvalue weighted by Crippen LogP contribution is -2.52. The molecule has 2 N–H and O–H groups in total. The van der Waals surface area contributed by atoms with Crippen molar-refractivity contribution in [1.29, 1.82) is 0 Å². The summed E-state index contributed by atoms with van der Waals surface area (Å²) in [6.45, 7) is 11.0. The van der Waals surface area contributed by atoms with Crippen molar-refractivity contribution in [2.75, 3.05) is 6.61 Å². The number of aliphatic hydroxyl groups excluding tert-OH is 2. The molecule has 2 rings (SSSR count). The van der Waals surface area contributed by atoms with Crippen molar-refractivity contribution >= 4 is 0 Å². The van der Waals surface area contributed by atoms with E-state index in [1.54, 1.807) is 0 Å². The molecule has 0 aliphatic heterocycles. The summed E-state index contributed by atoms with van der Waals surface area (Å²) in [5.74, 6) is 1.07. The van der Waals surface area contributed by atoms with Crippen LogP contribution in [0.5, 0.6) is 0 Å². The third-order valence-corrected chi connectivity index (χ3v) is 6.04. The highest BCUT2D eigenvalue weighted by Gasteiger charge is 2.54. The summed E-state index contributed by atoms with van der Waals surface area (Å²) in [4.78, 5) is 0. The molecule has 2 fully saturated rings. The van der Waals surface area contributed by atoms with Crippen molar-refractivity contribution in [3.05, 3.63) is 12.2 Å².